The maximum atomic E-state index is 5.18. The van der Waals surface area contributed by atoms with Crippen molar-refractivity contribution in [2.45, 2.75) is 45.8 Å². The summed E-state index contributed by atoms with van der Waals surface area (Å²) in [5.41, 5.74) is 2.48. The normalized spacial score (nSPS) is 13.2. The number of methoxy groups -OCH3 is 1. The number of hydrogen-bond acceptors (Lipinski definition) is 3. The molecule has 1 aromatic heterocycles. The first-order chi connectivity index (χ1) is 9.90. The van der Waals surface area contributed by atoms with E-state index in [1.54, 1.807) is 7.11 Å². The minimum absolute atomic E-state index is 0.0276. The smallest absolute Gasteiger partial charge is 0.118 e. The van der Waals surface area contributed by atoms with Gasteiger partial charge < -0.3 is 10.1 Å². The molecule has 0 amide bonds. The lowest BCUT2D eigenvalue weighted by Gasteiger charge is -2.18. The summed E-state index contributed by atoms with van der Waals surface area (Å²) >= 11 is 0. The summed E-state index contributed by atoms with van der Waals surface area (Å²) in [6.07, 6.45) is 4.03. The molecule has 0 saturated heterocycles. The van der Waals surface area contributed by atoms with Gasteiger partial charge in [0.25, 0.3) is 0 Å². The molecule has 1 aromatic carbocycles. The fraction of sp³-hybridized carbons (Fsp3) is 0.471. The van der Waals surface area contributed by atoms with Crippen molar-refractivity contribution in [2.24, 2.45) is 0 Å². The van der Waals surface area contributed by atoms with Gasteiger partial charge >= 0.3 is 0 Å². The van der Waals surface area contributed by atoms with Crippen molar-refractivity contribution >= 4 is 0 Å². The van der Waals surface area contributed by atoms with Crippen molar-refractivity contribution in [1.82, 2.24) is 15.1 Å². The van der Waals surface area contributed by atoms with E-state index in [9.17, 15) is 0 Å². The van der Waals surface area contributed by atoms with Crippen molar-refractivity contribution in [3.05, 3.63) is 47.8 Å². The standard InChI is InChI=1S/C17H25N3O/c1-13(15-6-8-16(21-5)9-7-15)18-10-14-11-19-20(12-14)17(2,3)4/h6-9,11-13,18H,10H2,1-5H3/t13-/m1/s1. The highest BCUT2D eigenvalue weighted by molar-refractivity contribution is 5.28. The van der Waals surface area contributed by atoms with E-state index in [-0.39, 0.29) is 11.6 Å². The summed E-state index contributed by atoms with van der Waals surface area (Å²) < 4.78 is 7.18. The second-order valence-corrected chi connectivity index (χ2v) is 6.34. The zero-order valence-corrected chi connectivity index (χ0v) is 13.6. The number of hydrogen-bond donors (Lipinski definition) is 1. The van der Waals surface area contributed by atoms with Gasteiger partial charge in [0.1, 0.15) is 5.75 Å². The predicted molar refractivity (Wildman–Crippen MR) is 85.5 cm³/mol. The van der Waals surface area contributed by atoms with Crippen molar-refractivity contribution < 1.29 is 4.74 Å². The van der Waals surface area contributed by atoms with E-state index in [0.29, 0.717) is 0 Å². The minimum atomic E-state index is 0.0276. The molecule has 0 spiro atoms. The van der Waals surface area contributed by atoms with Crippen molar-refractivity contribution in [1.29, 1.82) is 0 Å². The summed E-state index contributed by atoms with van der Waals surface area (Å²) in [7, 11) is 1.68. The molecule has 0 bridgehead atoms. The number of benzene rings is 1. The molecule has 4 heteroatoms. The molecule has 0 aliphatic heterocycles. The van der Waals surface area contributed by atoms with E-state index in [1.807, 2.05) is 23.0 Å². The highest BCUT2D eigenvalue weighted by Crippen LogP contribution is 2.18. The van der Waals surface area contributed by atoms with Gasteiger partial charge in [-0.15, -0.1) is 0 Å². The van der Waals surface area contributed by atoms with Crippen LogP contribution in [-0.4, -0.2) is 16.9 Å². The summed E-state index contributed by atoms with van der Waals surface area (Å²) in [6.45, 7) is 9.42. The molecule has 2 rings (SSSR count). The maximum absolute atomic E-state index is 5.18. The van der Waals surface area contributed by atoms with E-state index < -0.39 is 0 Å². The lowest BCUT2D eigenvalue weighted by Crippen LogP contribution is -2.22. The molecule has 0 aliphatic carbocycles. The molecule has 114 valence electrons. The van der Waals surface area contributed by atoms with Crippen molar-refractivity contribution in [3.8, 4) is 5.75 Å². The predicted octanol–water partition coefficient (Wildman–Crippen LogP) is 3.50. The van der Waals surface area contributed by atoms with Crippen LogP contribution in [0.2, 0.25) is 0 Å². The Balaban J connectivity index is 1.94. The van der Waals surface area contributed by atoms with Crippen LogP contribution < -0.4 is 10.1 Å². The molecule has 0 aliphatic rings. The van der Waals surface area contributed by atoms with Gasteiger partial charge in [0.2, 0.25) is 0 Å². The molecule has 4 nitrogen and oxygen atoms in total. The number of rotatable bonds is 5. The quantitative estimate of drug-likeness (QED) is 0.915. The SMILES string of the molecule is COc1ccc([C@@H](C)NCc2cnn(C(C)(C)C)c2)cc1. The van der Waals surface area contributed by atoms with E-state index >= 15 is 0 Å². The van der Waals surface area contributed by atoms with Crippen LogP contribution in [0, 0.1) is 0 Å². The highest BCUT2D eigenvalue weighted by atomic mass is 16.5. The Bertz CT molecular complexity index is 566. The van der Waals surface area contributed by atoms with E-state index in [4.69, 9.17) is 4.74 Å². The highest BCUT2D eigenvalue weighted by Gasteiger charge is 2.14. The molecule has 0 fully saturated rings. The zero-order chi connectivity index (χ0) is 15.5. The minimum Gasteiger partial charge on any atom is -0.497 e. The molecule has 1 heterocycles. The number of aromatic nitrogens is 2. The molecule has 0 radical (unpaired) electrons. The Morgan fingerprint density at radius 1 is 1.24 bits per heavy atom. The fourth-order valence-electron chi connectivity index (χ4n) is 2.10. The van der Waals surface area contributed by atoms with Crippen molar-refractivity contribution in [3.63, 3.8) is 0 Å². The van der Waals surface area contributed by atoms with Gasteiger partial charge in [0.15, 0.2) is 0 Å². The molecular weight excluding hydrogens is 262 g/mol. The summed E-state index contributed by atoms with van der Waals surface area (Å²) in [4.78, 5) is 0. The van der Waals surface area contributed by atoms with Gasteiger partial charge in [-0.25, -0.2) is 0 Å². The lowest BCUT2D eigenvalue weighted by molar-refractivity contribution is 0.355. The van der Waals surface area contributed by atoms with Gasteiger partial charge in [0.05, 0.1) is 18.8 Å². The Morgan fingerprint density at radius 2 is 1.90 bits per heavy atom. The van der Waals surface area contributed by atoms with E-state index in [1.165, 1.54) is 11.1 Å². The first-order valence-corrected chi connectivity index (χ1v) is 7.31. The third-order valence-corrected chi connectivity index (χ3v) is 3.55. The van der Waals surface area contributed by atoms with Crippen LogP contribution in [0.3, 0.4) is 0 Å². The van der Waals surface area contributed by atoms with Gasteiger partial charge in [-0.1, -0.05) is 12.1 Å². The second-order valence-electron chi connectivity index (χ2n) is 6.34. The van der Waals surface area contributed by atoms with Crippen LogP contribution >= 0.6 is 0 Å². The van der Waals surface area contributed by atoms with Crippen LogP contribution in [0.5, 0.6) is 5.75 Å². The Hall–Kier alpha value is -1.81. The monoisotopic (exact) mass is 287 g/mol. The first kappa shape index (κ1) is 15.6. The van der Waals surface area contributed by atoms with Crippen LogP contribution in [0.25, 0.3) is 0 Å². The molecule has 0 saturated carbocycles. The maximum Gasteiger partial charge on any atom is 0.118 e. The molecular formula is C17H25N3O. The third-order valence-electron chi connectivity index (χ3n) is 3.55. The third kappa shape index (κ3) is 4.08. The van der Waals surface area contributed by atoms with Crippen LogP contribution in [0.15, 0.2) is 36.7 Å². The molecule has 1 N–H and O–H groups in total. The first-order valence-electron chi connectivity index (χ1n) is 7.31. The second kappa shape index (κ2) is 6.31. The largest absolute Gasteiger partial charge is 0.497 e. The van der Waals surface area contributed by atoms with Gasteiger partial charge in [-0.2, -0.15) is 5.10 Å². The molecule has 2 aromatic rings. The summed E-state index contributed by atoms with van der Waals surface area (Å²) in [6, 6.07) is 8.45. The summed E-state index contributed by atoms with van der Waals surface area (Å²) in [5, 5.41) is 7.94. The van der Waals surface area contributed by atoms with Gasteiger partial charge in [-0.05, 0) is 45.4 Å². The van der Waals surface area contributed by atoms with E-state index in [0.717, 1.165) is 12.3 Å². The van der Waals surface area contributed by atoms with Gasteiger partial charge in [0, 0.05) is 24.3 Å². The number of nitrogens with zero attached hydrogens (tertiary/aromatic N) is 2. The van der Waals surface area contributed by atoms with Gasteiger partial charge in [-0.3, -0.25) is 4.68 Å². The fourth-order valence-corrected chi connectivity index (χ4v) is 2.10. The molecule has 1 atom stereocenters. The Morgan fingerprint density at radius 3 is 2.43 bits per heavy atom. The van der Waals surface area contributed by atoms with Crippen LogP contribution in [-0.2, 0) is 12.1 Å². The number of ether oxygens (including phenoxy) is 1. The topological polar surface area (TPSA) is 39.1 Å². The average Bonchev–Trinajstić information content (AvgIpc) is 2.94. The average molecular weight is 287 g/mol. The van der Waals surface area contributed by atoms with Crippen LogP contribution in [0.1, 0.15) is 44.9 Å². The molecule has 21 heavy (non-hydrogen) atoms. The summed E-state index contributed by atoms with van der Waals surface area (Å²) in [5.74, 6) is 0.886. The lowest BCUT2D eigenvalue weighted by atomic mass is 10.1. The Kier molecular flexibility index (Phi) is 4.68. The Labute approximate surface area is 127 Å². The van der Waals surface area contributed by atoms with Crippen LogP contribution in [0.4, 0.5) is 0 Å². The molecule has 0 unspecified atom stereocenters. The zero-order valence-electron chi connectivity index (χ0n) is 13.6. The van der Waals surface area contributed by atoms with E-state index in [2.05, 4.69) is 56.4 Å². The number of nitrogens with one attached hydrogen (secondary N) is 1. The van der Waals surface area contributed by atoms with Crippen molar-refractivity contribution in [2.75, 3.05) is 7.11 Å².